The van der Waals surface area contributed by atoms with Gasteiger partial charge in [-0.2, -0.15) is 5.10 Å². The van der Waals surface area contributed by atoms with Gasteiger partial charge in [0, 0.05) is 35.8 Å². The highest BCUT2D eigenvalue weighted by atomic mass is 16.3. The number of aryl methyl sites for hydroxylation is 1. The van der Waals surface area contributed by atoms with Crippen LogP contribution in [0.1, 0.15) is 37.1 Å². The third-order valence-electron chi connectivity index (χ3n) is 4.94. The zero-order valence-corrected chi connectivity index (χ0v) is 15.8. The van der Waals surface area contributed by atoms with Crippen molar-refractivity contribution in [1.82, 2.24) is 19.6 Å². The van der Waals surface area contributed by atoms with E-state index in [1.807, 2.05) is 49.1 Å². The number of fused-ring (bicyclic) bond motifs is 3. The van der Waals surface area contributed by atoms with Gasteiger partial charge in [0.15, 0.2) is 0 Å². The van der Waals surface area contributed by atoms with Gasteiger partial charge in [-0.15, -0.1) is 0 Å². The lowest BCUT2D eigenvalue weighted by atomic mass is 10.0. The first-order valence-corrected chi connectivity index (χ1v) is 9.21. The largest absolute Gasteiger partial charge is 0.387 e. The minimum atomic E-state index is -0.520. The molecule has 4 aromatic heterocycles. The van der Waals surface area contributed by atoms with Gasteiger partial charge < -0.3 is 10.4 Å². The SMILES string of the molecule is CCC[C@H](O)c1cc(C)c(-c2cc3cnc(NC)cc3c3ccnn23)cn1. The first-order valence-electron chi connectivity index (χ1n) is 9.21. The molecule has 0 aromatic carbocycles. The monoisotopic (exact) mass is 361 g/mol. The minimum Gasteiger partial charge on any atom is -0.387 e. The van der Waals surface area contributed by atoms with E-state index in [9.17, 15) is 5.11 Å². The maximum atomic E-state index is 10.2. The second-order valence-electron chi connectivity index (χ2n) is 6.79. The number of rotatable bonds is 5. The molecule has 27 heavy (non-hydrogen) atoms. The van der Waals surface area contributed by atoms with Crippen LogP contribution in [0.15, 0.2) is 42.9 Å². The lowest BCUT2D eigenvalue weighted by Gasteiger charge is -2.14. The van der Waals surface area contributed by atoms with Gasteiger partial charge in [-0.1, -0.05) is 13.3 Å². The molecule has 0 radical (unpaired) electrons. The fraction of sp³-hybridized carbons (Fsp3) is 0.286. The van der Waals surface area contributed by atoms with E-state index in [2.05, 4.69) is 33.4 Å². The van der Waals surface area contributed by atoms with Gasteiger partial charge in [-0.3, -0.25) is 4.98 Å². The predicted octanol–water partition coefficient (Wildman–Crippen LogP) is 4.13. The molecule has 0 spiro atoms. The van der Waals surface area contributed by atoms with Crippen LogP contribution < -0.4 is 5.32 Å². The van der Waals surface area contributed by atoms with Crippen LogP contribution >= 0.6 is 0 Å². The average molecular weight is 361 g/mol. The zero-order valence-electron chi connectivity index (χ0n) is 15.8. The van der Waals surface area contributed by atoms with E-state index in [-0.39, 0.29) is 0 Å². The molecule has 4 rings (SSSR count). The van der Waals surface area contributed by atoms with Crippen molar-refractivity contribution >= 4 is 22.1 Å². The maximum Gasteiger partial charge on any atom is 0.126 e. The molecule has 138 valence electrons. The van der Waals surface area contributed by atoms with Crippen LogP contribution in [-0.4, -0.2) is 31.7 Å². The molecule has 0 fully saturated rings. The summed E-state index contributed by atoms with van der Waals surface area (Å²) in [6.07, 6.45) is 6.63. The highest BCUT2D eigenvalue weighted by molar-refractivity contribution is 5.99. The Balaban J connectivity index is 1.89. The number of nitrogens with zero attached hydrogens (tertiary/aromatic N) is 4. The van der Waals surface area contributed by atoms with Gasteiger partial charge in [0.25, 0.3) is 0 Å². The molecule has 0 saturated heterocycles. The lowest BCUT2D eigenvalue weighted by Crippen LogP contribution is -2.03. The highest BCUT2D eigenvalue weighted by Gasteiger charge is 2.15. The molecule has 0 saturated carbocycles. The standard InChI is InChI=1S/C21H23N5O/c1-4-5-20(27)17-8-13(2)16(12-23-17)19-9-14-11-24-21(22-3)10-15(14)18-6-7-25-26(18)19/h6-12,20,27H,4-5H2,1-3H3,(H,22,24)/t20-/m0/s1. The van der Waals surface area contributed by atoms with Crippen molar-refractivity contribution in [3.63, 3.8) is 0 Å². The van der Waals surface area contributed by atoms with Crippen molar-refractivity contribution in [3.8, 4) is 11.3 Å². The normalized spacial score (nSPS) is 12.6. The smallest absolute Gasteiger partial charge is 0.126 e. The van der Waals surface area contributed by atoms with Crippen LogP contribution in [-0.2, 0) is 0 Å². The van der Waals surface area contributed by atoms with E-state index in [1.165, 1.54) is 0 Å². The Morgan fingerprint density at radius 1 is 1.19 bits per heavy atom. The summed E-state index contributed by atoms with van der Waals surface area (Å²) in [7, 11) is 1.86. The minimum absolute atomic E-state index is 0.520. The van der Waals surface area contributed by atoms with Gasteiger partial charge in [0.05, 0.1) is 29.2 Å². The van der Waals surface area contributed by atoms with Crippen LogP contribution in [0.3, 0.4) is 0 Å². The molecule has 0 bridgehead atoms. The molecule has 0 aliphatic carbocycles. The summed E-state index contributed by atoms with van der Waals surface area (Å²) in [5, 5.41) is 20.0. The van der Waals surface area contributed by atoms with Crippen molar-refractivity contribution in [3.05, 3.63) is 54.1 Å². The van der Waals surface area contributed by atoms with Crippen LogP contribution in [0.5, 0.6) is 0 Å². The Morgan fingerprint density at radius 2 is 2.04 bits per heavy atom. The molecule has 4 aromatic rings. The molecule has 0 unspecified atom stereocenters. The number of aliphatic hydroxyl groups is 1. The molecular formula is C21H23N5O. The molecule has 0 aliphatic rings. The van der Waals surface area contributed by atoms with Crippen molar-refractivity contribution in [2.45, 2.75) is 32.8 Å². The fourth-order valence-electron chi connectivity index (χ4n) is 3.49. The fourth-order valence-corrected chi connectivity index (χ4v) is 3.49. The Labute approximate surface area is 157 Å². The average Bonchev–Trinajstić information content (AvgIpc) is 3.17. The summed E-state index contributed by atoms with van der Waals surface area (Å²) < 4.78 is 1.94. The van der Waals surface area contributed by atoms with Gasteiger partial charge in [0.1, 0.15) is 5.82 Å². The van der Waals surface area contributed by atoms with E-state index in [0.717, 1.165) is 51.0 Å². The number of hydrogen-bond donors (Lipinski definition) is 2. The van der Waals surface area contributed by atoms with Gasteiger partial charge in [0.2, 0.25) is 0 Å². The first kappa shape index (κ1) is 17.4. The Kier molecular flexibility index (Phi) is 4.49. The Hall–Kier alpha value is -2.99. The summed E-state index contributed by atoms with van der Waals surface area (Å²) in [4.78, 5) is 8.96. The van der Waals surface area contributed by atoms with Crippen molar-refractivity contribution < 1.29 is 5.11 Å². The topological polar surface area (TPSA) is 75.3 Å². The zero-order chi connectivity index (χ0) is 19.0. The summed E-state index contributed by atoms with van der Waals surface area (Å²) in [6.45, 7) is 4.10. The van der Waals surface area contributed by atoms with Crippen LogP contribution in [0.25, 0.3) is 27.5 Å². The molecule has 1 atom stereocenters. The summed E-state index contributed by atoms with van der Waals surface area (Å²) in [5.74, 6) is 0.825. The summed E-state index contributed by atoms with van der Waals surface area (Å²) >= 11 is 0. The van der Waals surface area contributed by atoms with Gasteiger partial charge in [-0.05, 0) is 43.2 Å². The van der Waals surface area contributed by atoms with Gasteiger partial charge >= 0.3 is 0 Å². The van der Waals surface area contributed by atoms with Crippen LogP contribution in [0.2, 0.25) is 0 Å². The van der Waals surface area contributed by atoms with Crippen molar-refractivity contribution in [2.24, 2.45) is 0 Å². The van der Waals surface area contributed by atoms with Crippen LogP contribution in [0, 0.1) is 6.92 Å². The lowest BCUT2D eigenvalue weighted by molar-refractivity contribution is 0.161. The molecule has 6 nitrogen and oxygen atoms in total. The van der Waals surface area contributed by atoms with E-state index < -0.39 is 6.10 Å². The predicted molar refractivity (Wildman–Crippen MR) is 108 cm³/mol. The number of nitrogens with one attached hydrogen (secondary N) is 1. The quantitative estimate of drug-likeness (QED) is 0.559. The van der Waals surface area contributed by atoms with Crippen molar-refractivity contribution in [1.29, 1.82) is 0 Å². The van der Waals surface area contributed by atoms with Crippen LogP contribution in [0.4, 0.5) is 5.82 Å². The Morgan fingerprint density at radius 3 is 2.78 bits per heavy atom. The molecule has 0 aliphatic heterocycles. The number of pyridine rings is 3. The van der Waals surface area contributed by atoms with E-state index in [1.54, 1.807) is 6.20 Å². The highest BCUT2D eigenvalue weighted by Crippen LogP contribution is 2.31. The third-order valence-corrected chi connectivity index (χ3v) is 4.94. The van der Waals surface area contributed by atoms with Gasteiger partial charge in [-0.25, -0.2) is 9.50 Å². The van der Waals surface area contributed by atoms with E-state index in [0.29, 0.717) is 6.42 Å². The second-order valence-corrected chi connectivity index (χ2v) is 6.79. The maximum absolute atomic E-state index is 10.2. The van der Waals surface area contributed by atoms with Crippen molar-refractivity contribution in [2.75, 3.05) is 12.4 Å². The molecule has 2 N–H and O–H groups in total. The summed E-state index contributed by atoms with van der Waals surface area (Å²) in [6, 6.07) is 8.10. The second kappa shape index (κ2) is 6.96. The third kappa shape index (κ3) is 3.02. The molecule has 6 heteroatoms. The molecular weight excluding hydrogens is 338 g/mol. The summed E-state index contributed by atoms with van der Waals surface area (Å²) in [5.41, 5.74) is 4.76. The number of hydrogen-bond acceptors (Lipinski definition) is 5. The molecule has 0 amide bonds. The number of anilines is 1. The molecule has 4 heterocycles. The van der Waals surface area contributed by atoms with E-state index in [4.69, 9.17) is 0 Å². The first-order chi connectivity index (χ1) is 13.1. The van der Waals surface area contributed by atoms with E-state index >= 15 is 0 Å². The number of aliphatic hydroxyl groups excluding tert-OH is 1. The Bertz CT molecular complexity index is 1120. The number of aromatic nitrogens is 4.